The number of aliphatic hydroxyl groups is 1. The van der Waals surface area contributed by atoms with Crippen molar-refractivity contribution in [1.82, 2.24) is 0 Å². The molecule has 0 spiro atoms. The summed E-state index contributed by atoms with van der Waals surface area (Å²) in [5.41, 5.74) is 1.84. The second-order valence-corrected chi connectivity index (χ2v) is 6.26. The lowest BCUT2D eigenvalue weighted by molar-refractivity contribution is 0.118. The van der Waals surface area contributed by atoms with Gasteiger partial charge in [0.15, 0.2) is 0 Å². The fourth-order valence-corrected chi connectivity index (χ4v) is 4.10. The van der Waals surface area contributed by atoms with Crippen LogP contribution in [-0.2, 0) is 5.60 Å². The molecule has 16 heavy (non-hydrogen) atoms. The molecule has 0 amide bonds. The van der Waals surface area contributed by atoms with Crippen molar-refractivity contribution < 1.29 is 5.11 Å². The summed E-state index contributed by atoms with van der Waals surface area (Å²) in [6, 6.07) is 6.33. The molecule has 0 radical (unpaired) electrons. The van der Waals surface area contributed by atoms with Crippen LogP contribution in [0.5, 0.6) is 0 Å². The number of hydrogen-bond acceptors (Lipinski definition) is 1. The monoisotopic (exact) mass is 280 g/mol. The van der Waals surface area contributed by atoms with Crippen LogP contribution in [-0.4, -0.2) is 5.11 Å². The first-order valence-corrected chi connectivity index (χ1v) is 6.91. The van der Waals surface area contributed by atoms with E-state index < -0.39 is 5.60 Å². The van der Waals surface area contributed by atoms with Crippen molar-refractivity contribution in [2.45, 2.75) is 38.2 Å². The molecule has 86 valence electrons. The van der Waals surface area contributed by atoms with Crippen LogP contribution in [0.15, 0.2) is 22.7 Å². The summed E-state index contributed by atoms with van der Waals surface area (Å²) in [5.74, 6) is 1.05. The van der Waals surface area contributed by atoms with Crippen molar-refractivity contribution >= 4 is 15.9 Å². The molecule has 2 aliphatic rings. The zero-order chi connectivity index (χ0) is 11.3. The van der Waals surface area contributed by atoms with E-state index in [-0.39, 0.29) is 0 Å². The Hall–Kier alpha value is -0.340. The highest BCUT2D eigenvalue weighted by Crippen LogP contribution is 2.64. The fourth-order valence-electron chi connectivity index (χ4n) is 3.49. The zero-order valence-electron chi connectivity index (χ0n) is 9.54. The normalized spacial score (nSPS) is 36.9. The lowest BCUT2D eigenvalue weighted by Crippen LogP contribution is -2.10. The summed E-state index contributed by atoms with van der Waals surface area (Å²) in [6.07, 6.45) is 4.98. The van der Waals surface area contributed by atoms with Gasteiger partial charge in [0.05, 0.1) is 5.60 Å². The quantitative estimate of drug-likeness (QED) is 0.831. The van der Waals surface area contributed by atoms with E-state index in [0.717, 1.165) is 10.0 Å². The van der Waals surface area contributed by atoms with Gasteiger partial charge in [-0.25, -0.2) is 0 Å². The van der Waals surface area contributed by atoms with E-state index >= 15 is 0 Å². The molecule has 1 N–H and O–H groups in total. The Morgan fingerprint density at radius 3 is 2.38 bits per heavy atom. The van der Waals surface area contributed by atoms with Gasteiger partial charge in [-0.2, -0.15) is 0 Å². The maximum atomic E-state index is 10.8. The number of halogens is 1. The SMILES string of the molecule is Cc1cc(Br)cc(C2(O)C3CCCCC32)c1. The van der Waals surface area contributed by atoms with Crippen LogP contribution in [0.2, 0.25) is 0 Å². The highest BCUT2D eigenvalue weighted by molar-refractivity contribution is 9.10. The molecule has 0 aliphatic heterocycles. The molecule has 2 unspecified atom stereocenters. The Morgan fingerprint density at radius 1 is 1.19 bits per heavy atom. The summed E-state index contributed by atoms with van der Waals surface area (Å²) in [4.78, 5) is 0. The maximum absolute atomic E-state index is 10.8. The number of hydrogen-bond donors (Lipinski definition) is 1. The van der Waals surface area contributed by atoms with Gasteiger partial charge in [-0.3, -0.25) is 0 Å². The molecule has 2 heteroatoms. The average molecular weight is 281 g/mol. The molecule has 2 atom stereocenters. The first kappa shape index (κ1) is 10.8. The van der Waals surface area contributed by atoms with E-state index in [1.54, 1.807) is 0 Å². The second kappa shape index (κ2) is 3.58. The second-order valence-electron chi connectivity index (χ2n) is 5.34. The van der Waals surface area contributed by atoms with Crippen molar-refractivity contribution in [2.75, 3.05) is 0 Å². The van der Waals surface area contributed by atoms with Gasteiger partial charge in [0.25, 0.3) is 0 Å². The smallest absolute Gasteiger partial charge is 0.0960 e. The summed E-state index contributed by atoms with van der Waals surface area (Å²) >= 11 is 3.52. The molecule has 1 aromatic rings. The van der Waals surface area contributed by atoms with Gasteiger partial charge < -0.3 is 5.11 Å². The summed E-state index contributed by atoms with van der Waals surface area (Å²) in [5, 5.41) is 10.8. The molecular formula is C14H17BrO. The van der Waals surface area contributed by atoms with Crippen LogP contribution < -0.4 is 0 Å². The first-order chi connectivity index (χ1) is 7.62. The van der Waals surface area contributed by atoms with Gasteiger partial charge in [-0.05, 0) is 54.9 Å². The van der Waals surface area contributed by atoms with Crippen LogP contribution in [0.3, 0.4) is 0 Å². The third-order valence-electron chi connectivity index (χ3n) is 4.29. The van der Waals surface area contributed by atoms with E-state index in [9.17, 15) is 5.11 Å². The van der Waals surface area contributed by atoms with Gasteiger partial charge in [-0.15, -0.1) is 0 Å². The molecule has 1 aromatic carbocycles. The Labute approximate surface area is 105 Å². The van der Waals surface area contributed by atoms with E-state index in [0.29, 0.717) is 11.8 Å². The summed E-state index contributed by atoms with van der Waals surface area (Å²) in [7, 11) is 0. The van der Waals surface area contributed by atoms with E-state index in [1.807, 2.05) is 0 Å². The van der Waals surface area contributed by atoms with Gasteiger partial charge in [0, 0.05) is 4.47 Å². The molecule has 3 rings (SSSR count). The van der Waals surface area contributed by atoms with Crippen LogP contribution in [0.1, 0.15) is 36.8 Å². The maximum Gasteiger partial charge on any atom is 0.0960 e. The largest absolute Gasteiger partial charge is 0.385 e. The highest BCUT2D eigenvalue weighted by Gasteiger charge is 2.64. The van der Waals surface area contributed by atoms with Crippen molar-refractivity contribution in [3.63, 3.8) is 0 Å². The van der Waals surface area contributed by atoms with Crippen molar-refractivity contribution in [3.8, 4) is 0 Å². The molecular weight excluding hydrogens is 264 g/mol. The number of fused-ring (bicyclic) bond motifs is 1. The van der Waals surface area contributed by atoms with Crippen LogP contribution >= 0.6 is 15.9 Å². The summed E-state index contributed by atoms with van der Waals surface area (Å²) in [6.45, 7) is 2.09. The van der Waals surface area contributed by atoms with Crippen molar-refractivity contribution in [2.24, 2.45) is 11.8 Å². The van der Waals surface area contributed by atoms with Gasteiger partial charge in [-0.1, -0.05) is 34.8 Å². The van der Waals surface area contributed by atoms with E-state index in [4.69, 9.17) is 0 Å². The highest BCUT2D eigenvalue weighted by atomic mass is 79.9. The lowest BCUT2D eigenvalue weighted by Gasteiger charge is -2.12. The van der Waals surface area contributed by atoms with Crippen LogP contribution in [0.25, 0.3) is 0 Å². The summed E-state index contributed by atoms with van der Waals surface area (Å²) < 4.78 is 1.08. The Bertz CT molecular complexity index is 394. The molecule has 1 nitrogen and oxygen atoms in total. The Morgan fingerprint density at radius 2 is 1.81 bits per heavy atom. The third-order valence-corrected chi connectivity index (χ3v) is 4.75. The third kappa shape index (κ3) is 1.46. The lowest BCUT2D eigenvalue weighted by atomic mass is 10.0. The van der Waals surface area contributed by atoms with E-state index in [2.05, 4.69) is 41.1 Å². The molecule has 2 saturated carbocycles. The topological polar surface area (TPSA) is 20.2 Å². The van der Waals surface area contributed by atoms with Crippen LogP contribution in [0.4, 0.5) is 0 Å². The van der Waals surface area contributed by atoms with Crippen molar-refractivity contribution in [3.05, 3.63) is 33.8 Å². The Kier molecular flexibility index (Phi) is 2.41. The fraction of sp³-hybridized carbons (Fsp3) is 0.571. The predicted octanol–water partition coefficient (Wildman–Crippen LogP) is 3.77. The van der Waals surface area contributed by atoms with E-state index in [1.165, 1.54) is 31.2 Å². The first-order valence-electron chi connectivity index (χ1n) is 6.12. The minimum absolute atomic E-state index is 0.509. The minimum Gasteiger partial charge on any atom is -0.385 e. The minimum atomic E-state index is -0.509. The van der Waals surface area contributed by atoms with Gasteiger partial charge >= 0.3 is 0 Å². The molecule has 2 aliphatic carbocycles. The van der Waals surface area contributed by atoms with Crippen molar-refractivity contribution in [1.29, 1.82) is 0 Å². The molecule has 2 fully saturated rings. The standard InChI is InChI=1S/C14H17BrO/c1-9-6-10(8-11(15)7-9)14(16)12-4-2-3-5-13(12)14/h6-8,12-13,16H,2-5H2,1H3. The molecule has 0 heterocycles. The zero-order valence-corrected chi connectivity index (χ0v) is 11.1. The van der Waals surface area contributed by atoms with Gasteiger partial charge in [0.1, 0.15) is 0 Å². The average Bonchev–Trinajstić information content (AvgIpc) is 2.86. The number of benzene rings is 1. The number of rotatable bonds is 1. The van der Waals surface area contributed by atoms with Crippen LogP contribution in [0, 0.1) is 18.8 Å². The number of aryl methyl sites for hydroxylation is 1. The molecule has 0 aromatic heterocycles. The molecule has 0 saturated heterocycles. The Balaban J connectivity index is 1.98. The van der Waals surface area contributed by atoms with Gasteiger partial charge in [0.2, 0.25) is 0 Å². The molecule has 0 bridgehead atoms. The predicted molar refractivity (Wildman–Crippen MR) is 68.2 cm³/mol.